The van der Waals surface area contributed by atoms with Gasteiger partial charge in [0, 0.05) is 11.2 Å². The van der Waals surface area contributed by atoms with E-state index in [1.54, 1.807) is 29.6 Å². The molecule has 0 atom stereocenters. The Hall–Kier alpha value is -1.86. The fraction of sp³-hybridized carbons (Fsp3) is 0.500. The van der Waals surface area contributed by atoms with Gasteiger partial charge in [0.1, 0.15) is 4.21 Å². The molecule has 4 saturated carbocycles. The second kappa shape index (κ2) is 7.13. The predicted octanol–water partition coefficient (Wildman–Crippen LogP) is 4.18. The van der Waals surface area contributed by atoms with Crippen molar-refractivity contribution < 1.29 is 13.2 Å². The SMILES string of the molecule is O=C(Cc1ccc(NS(=O)(=O)c2cccs2)cc1)NC12CC3CC(CC(C3)C1)C2. The predicted molar refractivity (Wildman–Crippen MR) is 114 cm³/mol. The van der Waals surface area contributed by atoms with E-state index >= 15 is 0 Å². The first-order valence-electron chi connectivity index (χ1n) is 10.4. The molecule has 1 aromatic carbocycles. The van der Waals surface area contributed by atoms with Gasteiger partial charge in [-0.05, 0) is 85.4 Å². The first-order valence-corrected chi connectivity index (χ1v) is 12.7. The third-order valence-corrected chi connectivity index (χ3v) is 9.55. The molecule has 7 heteroatoms. The number of carbonyl (C=O) groups excluding carboxylic acids is 1. The Morgan fingerprint density at radius 2 is 1.62 bits per heavy atom. The van der Waals surface area contributed by atoms with Crippen LogP contribution >= 0.6 is 11.3 Å². The van der Waals surface area contributed by atoms with E-state index < -0.39 is 10.0 Å². The Balaban J connectivity index is 1.21. The highest BCUT2D eigenvalue weighted by atomic mass is 32.2. The van der Waals surface area contributed by atoms with Gasteiger partial charge >= 0.3 is 0 Å². The van der Waals surface area contributed by atoms with Crippen molar-refractivity contribution in [2.45, 2.75) is 54.7 Å². The third-order valence-electron chi connectivity index (χ3n) is 6.77. The van der Waals surface area contributed by atoms with E-state index in [1.165, 1.54) is 30.6 Å². The molecular weight excluding hydrogens is 404 g/mol. The third kappa shape index (κ3) is 3.94. The average molecular weight is 431 g/mol. The van der Waals surface area contributed by atoms with Crippen LogP contribution in [0.2, 0.25) is 0 Å². The average Bonchev–Trinajstić information content (AvgIpc) is 3.17. The topological polar surface area (TPSA) is 75.3 Å². The van der Waals surface area contributed by atoms with Crippen LogP contribution in [0.3, 0.4) is 0 Å². The summed E-state index contributed by atoms with van der Waals surface area (Å²) in [5, 5.41) is 5.13. The summed E-state index contributed by atoms with van der Waals surface area (Å²) in [6, 6.07) is 10.4. The number of nitrogens with one attached hydrogen (secondary N) is 2. The molecule has 0 unspecified atom stereocenters. The van der Waals surface area contributed by atoms with Crippen LogP contribution in [0.1, 0.15) is 44.1 Å². The molecule has 6 rings (SSSR count). The van der Waals surface area contributed by atoms with Crippen LogP contribution in [0.5, 0.6) is 0 Å². The molecule has 0 saturated heterocycles. The van der Waals surface area contributed by atoms with E-state index in [2.05, 4.69) is 10.0 Å². The molecule has 0 spiro atoms. The van der Waals surface area contributed by atoms with Gasteiger partial charge in [0.15, 0.2) is 0 Å². The van der Waals surface area contributed by atoms with E-state index in [4.69, 9.17) is 0 Å². The molecule has 2 aromatic rings. The highest BCUT2D eigenvalue weighted by Gasteiger charge is 2.51. The van der Waals surface area contributed by atoms with Gasteiger partial charge in [-0.1, -0.05) is 18.2 Å². The molecule has 4 aliphatic carbocycles. The molecule has 0 aliphatic heterocycles. The number of sulfonamides is 1. The first-order chi connectivity index (χ1) is 13.9. The molecule has 1 heterocycles. The van der Waals surface area contributed by atoms with Gasteiger partial charge in [0.05, 0.1) is 6.42 Å². The van der Waals surface area contributed by atoms with Crippen molar-refractivity contribution in [2.24, 2.45) is 17.8 Å². The number of amides is 1. The zero-order valence-electron chi connectivity index (χ0n) is 16.3. The standard InChI is InChI=1S/C22H26N2O3S2/c25-20(23-22-12-16-8-17(13-22)10-18(9-16)14-22)11-15-3-5-19(6-4-15)24-29(26,27)21-2-1-7-28-21/h1-7,16-18,24H,8-14H2,(H,23,25). The maximum Gasteiger partial charge on any atom is 0.271 e. The van der Waals surface area contributed by atoms with E-state index in [0.29, 0.717) is 12.1 Å². The van der Waals surface area contributed by atoms with Crippen LogP contribution in [-0.2, 0) is 21.2 Å². The van der Waals surface area contributed by atoms with Gasteiger partial charge in [-0.3, -0.25) is 9.52 Å². The quantitative estimate of drug-likeness (QED) is 0.722. The minimum Gasteiger partial charge on any atom is -0.350 e. The number of carbonyl (C=O) groups is 1. The maximum atomic E-state index is 12.7. The minimum atomic E-state index is -3.55. The Labute approximate surface area is 176 Å². The lowest BCUT2D eigenvalue weighted by atomic mass is 9.53. The zero-order chi connectivity index (χ0) is 20.1. The Morgan fingerprint density at radius 1 is 1.00 bits per heavy atom. The molecule has 4 bridgehead atoms. The van der Waals surface area contributed by atoms with Gasteiger partial charge < -0.3 is 5.32 Å². The van der Waals surface area contributed by atoms with Crippen molar-refractivity contribution in [3.05, 3.63) is 47.3 Å². The van der Waals surface area contributed by atoms with Gasteiger partial charge in [0.2, 0.25) is 5.91 Å². The van der Waals surface area contributed by atoms with Crippen LogP contribution in [-0.4, -0.2) is 19.9 Å². The fourth-order valence-electron chi connectivity index (χ4n) is 6.10. The van der Waals surface area contributed by atoms with Gasteiger partial charge in [-0.2, -0.15) is 0 Å². The molecule has 2 N–H and O–H groups in total. The molecule has 0 radical (unpaired) electrons. The van der Waals surface area contributed by atoms with Gasteiger partial charge in [-0.25, -0.2) is 8.42 Å². The molecule has 1 amide bonds. The summed E-state index contributed by atoms with van der Waals surface area (Å²) >= 11 is 1.18. The number of rotatable bonds is 6. The number of hydrogen-bond acceptors (Lipinski definition) is 4. The summed E-state index contributed by atoms with van der Waals surface area (Å²) < 4.78 is 27.5. The molecule has 4 fully saturated rings. The Kier molecular flexibility index (Phi) is 4.70. The summed E-state index contributed by atoms with van der Waals surface area (Å²) in [5.41, 5.74) is 1.43. The lowest BCUT2D eigenvalue weighted by Crippen LogP contribution is -2.60. The number of hydrogen-bond donors (Lipinski definition) is 2. The van der Waals surface area contributed by atoms with E-state index in [-0.39, 0.29) is 15.7 Å². The normalized spacial score (nSPS) is 30.3. The van der Waals surface area contributed by atoms with Crippen molar-refractivity contribution in [1.29, 1.82) is 0 Å². The van der Waals surface area contributed by atoms with E-state index in [1.807, 2.05) is 12.1 Å². The van der Waals surface area contributed by atoms with Crippen LogP contribution in [0.4, 0.5) is 5.69 Å². The minimum absolute atomic E-state index is 0.0299. The van der Waals surface area contributed by atoms with Crippen molar-refractivity contribution in [1.82, 2.24) is 5.32 Å². The lowest BCUT2D eigenvalue weighted by molar-refractivity contribution is -0.126. The molecule has 4 aliphatic rings. The summed E-state index contributed by atoms with van der Waals surface area (Å²) in [6.07, 6.45) is 7.85. The fourth-order valence-corrected chi connectivity index (χ4v) is 8.15. The first kappa shape index (κ1) is 19.1. The number of thiophene rings is 1. The molecule has 29 heavy (non-hydrogen) atoms. The summed E-state index contributed by atoms with van der Waals surface area (Å²) in [5.74, 6) is 2.49. The highest BCUT2D eigenvalue weighted by molar-refractivity contribution is 7.94. The van der Waals surface area contributed by atoms with Crippen LogP contribution in [0, 0.1) is 17.8 Å². The van der Waals surface area contributed by atoms with Crippen LogP contribution in [0.15, 0.2) is 46.0 Å². The molecular formula is C22H26N2O3S2. The molecule has 5 nitrogen and oxygen atoms in total. The van der Waals surface area contributed by atoms with Gasteiger partial charge in [-0.15, -0.1) is 11.3 Å². The smallest absolute Gasteiger partial charge is 0.271 e. The van der Waals surface area contributed by atoms with Crippen LogP contribution < -0.4 is 10.0 Å². The zero-order valence-corrected chi connectivity index (χ0v) is 17.9. The van der Waals surface area contributed by atoms with Crippen molar-refractivity contribution in [2.75, 3.05) is 4.72 Å². The molecule has 154 valence electrons. The van der Waals surface area contributed by atoms with Crippen molar-refractivity contribution in [3.63, 3.8) is 0 Å². The van der Waals surface area contributed by atoms with Crippen molar-refractivity contribution in [3.8, 4) is 0 Å². The summed E-state index contributed by atoms with van der Waals surface area (Å²) in [7, 11) is -3.55. The molecule has 1 aromatic heterocycles. The maximum absolute atomic E-state index is 12.7. The second-order valence-corrected chi connectivity index (χ2v) is 12.0. The Morgan fingerprint density at radius 3 is 2.17 bits per heavy atom. The summed E-state index contributed by atoms with van der Waals surface area (Å²) in [4.78, 5) is 12.7. The Bertz CT molecular complexity index is 962. The monoisotopic (exact) mass is 430 g/mol. The second-order valence-electron chi connectivity index (χ2n) is 9.16. The van der Waals surface area contributed by atoms with E-state index in [0.717, 1.165) is 42.6 Å². The van der Waals surface area contributed by atoms with Crippen LogP contribution in [0.25, 0.3) is 0 Å². The number of anilines is 1. The summed E-state index contributed by atoms with van der Waals surface area (Å²) in [6.45, 7) is 0. The van der Waals surface area contributed by atoms with Crippen molar-refractivity contribution >= 4 is 33.0 Å². The van der Waals surface area contributed by atoms with Gasteiger partial charge in [0.25, 0.3) is 10.0 Å². The largest absolute Gasteiger partial charge is 0.350 e. The van der Waals surface area contributed by atoms with E-state index in [9.17, 15) is 13.2 Å². The lowest BCUT2D eigenvalue weighted by Gasteiger charge is -2.56. The number of benzene rings is 1. The highest BCUT2D eigenvalue weighted by Crippen LogP contribution is 2.55.